The average molecular weight is 500 g/mol. The zero-order chi connectivity index (χ0) is 23.9. The number of hydrogen-bond donors (Lipinski definition) is 0. The van der Waals surface area contributed by atoms with Gasteiger partial charge in [0.2, 0.25) is 0 Å². The molecule has 2 aliphatic heterocycles. The Kier molecular flexibility index (Phi) is 5.91. The molecule has 2 aliphatic rings. The number of ketones is 1. The van der Waals surface area contributed by atoms with Crippen molar-refractivity contribution in [1.29, 1.82) is 0 Å². The van der Waals surface area contributed by atoms with E-state index in [9.17, 15) is 18.0 Å². The van der Waals surface area contributed by atoms with Gasteiger partial charge in [0.15, 0.2) is 5.78 Å². The topological polar surface area (TPSA) is 101 Å². The molecule has 0 unspecified atom stereocenters. The van der Waals surface area contributed by atoms with Crippen LogP contribution in [0.4, 0.5) is 0 Å². The van der Waals surface area contributed by atoms with Gasteiger partial charge in [-0.05, 0) is 55.9 Å². The van der Waals surface area contributed by atoms with E-state index in [0.29, 0.717) is 47.2 Å². The quantitative estimate of drug-likeness (QED) is 0.493. The van der Waals surface area contributed by atoms with E-state index < -0.39 is 10.0 Å². The molecular formula is C24H25N3O5S2. The Morgan fingerprint density at radius 2 is 1.65 bits per heavy atom. The lowest BCUT2D eigenvalue weighted by molar-refractivity contribution is 0.0599. The first-order chi connectivity index (χ1) is 16.3. The maximum Gasteiger partial charge on any atom is 0.253 e. The van der Waals surface area contributed by atoms with E-state index in [4.69, 9.17) is 4.52 Å². The number of piperidine rings is 1. The minimum atomic E-state index is -3.58. The van der Waals surface area contributed by atoms with E-state index in [2.05, 4.69) is 5.16 Å². The molecule has 1 aromatic carbocycles. The maximum atomic E-state index is 13.3. The predicted molar refractivity (Wildman–Crippen MR) is 127 cm³/mol. The van der Waals surface area contributed by atoms with Crippen LogP contribution < -0.4 is 0 Å². The number of hydrogen-bond acceptors (Lipinski definition) is 7. The summed E-state index contributed by atoms with van der Waals surface area (Å²) in [4.78, 5) is 27.0. The van der Waals surface area contributed by atoms with Gasteiger partial charge in [0, 0.05) is 43.4 Å². The SMILES string of the molecule is CC(=O)c1ccc(C(=O)N2CCC3(CC2)CCN(S(=O)(=O)c2ccc(-c4ccon4)s2)C3)cc1. The van der Waals surface area contributed by atoms with Crippen molar-refractivity contribution in [1.82, 2.24) is 14.4 Å². The zero-order valence-electron chi connectivity index (χ0n) is 18.8. The van der Waals surface area contributed by atoms with E-state index in [1.807, 2.05) is 4.90 Å². The average Bonchev–Trinajstić information content (AvgIpc) is 3.60. The Balaban J connectivity index is 1.23. The van der Waals surface area contributed by atoms with Crippen LogP contribution in [0.25, 0.3) is 10.6 Å². The highest BCUT2D eigenvalue weighted by atomic mass is 32.2. The van der Waals surface area contributed by atoms with Crippen LogP contribution in [-0.4, -0.2) is 60.6 Å². The molecule has 4 heterocycles. The number of nitrogens with zero attached hydrogens (tertiary/aromatic N) is 3. The van der Waals surface area contributed by atoms with Crippen molar-refractivity contribution in [2.24, 2.45) is 5.41 Å². The summed E-state index contributed by atoms with van der Waals surface area (Å²) in [5.74, 6) is -0.0806. The molecule has 10 heteroatoms. The van der Waals surface area contributed by atoms with Gasteiger partial charge >= 0.3 is 0 Å². The van der Waals surface area contributed by atoms with Crippen LogP contribution in [0.15, 0.2) is 57.5 Å². The molecule has 2 fully saturated rings. The number of carbonyl (C=O) groups is 2. The number of carbonyl (C=O) groups excluding carboxylic acids is 2. The molecule has 1 spiro atoms. The van der Waals surface area contributed by atoms with Gasteiger partial charge in [0.25, 0.3) is 15.9 Å². The molecule has 5 rings (SSSR count). The Hall–Kier alpha value is -2.82. The molecule has 0 aliphatic carbocycles. The van der Waals surface area contributed by atoms with Crippen LogP contribution in [0, 0.1) is 5.41 Å². The highest BCUT2D eigenvalue weighted by Crippen LogP contribution is 2.43. The molecule has 1 amide bonds. The van der Waals surface area contributed by atoms with Crippen molar-refractivity contribution >= 4 is 33.1 Å². The van der Waals surface area contributed by atoms with Crippen LogP contribution in [0.5, 0.6) is 0 Å². The van der Waals surface area contributed by atoms with Crippen molar-refractivity contribution in [2.75, 3.05) is 26.2 Å². The molecule has 0 bridgehead atoms. The Labute approximate surface area is 202 Å². The summed E-state index contributed by atoms with van der Waals surface area (Å²) < 4.78 is 33.3. The highest BCUT2D eigenvalue weighted by molar-refractivity contribution is 7.91. The number of benzene rings is 1. The molecule has 2 saturated heterocycles. The van der Waals surface area contributed by atoms with E-state index >= 15 is 0 Å². The van der Waals surface area contributed by atoms with Crippen molar-refractivity contribution in [3.8, 4) is 10.6 Å². The van der Waals surface area contributed by atoms with Gasteiger partial charge < -0.3 is 9.42 Å². The van der Waals surface area contributed by atoms with Crippen LogP contribution in [0.1, 0.15) is 46.9 Å². The van der Waals surface area contributed by atoms with Gasteiger partial charge in [-0.2, -0.15) is 4.31 Å². The zero-order valence-corrected chi connectivity index (χ0v) is 20.4. The lowest BCUT2D eigenvalue weighted by Gasteiger charge is -2.39. The molecule has 34 heavy (non-hydrogen) atoms. The molecule has 8 nitrogen and oxygen atoms in total. The molecule has 3 aromatic rings. The van der Waals surface area contributed by atoms with E-state index in [0.717, 1.165) is 24.1 Å². The van der Waals surface area contributed by atoms with Gasteiger partial charge in [-0.3, -0.25) is 9.59 Å². The second-order valence-corrected chi connectivity index (χ2v) is 12.3. The Morgan fingerprint density at radius 1 is 0.971 bits per heavy atom. The van der Waals surface area contributed by atoms with Gasteiger partial charge in [-0.25, -0.2) is 8.42 Å². The number of likely N-dealkylation sites (tertiary alicyclic amines) is 1. The van der Waals surface area contributed by atoms with Gasteiger partial charge in [0.05, 0.1) is 4.88 Å². The Bertz CT molecular complexity index is 1300. The summed E-state index contributed by atoms with van der Waals surface area (Å²) in [6, 6.07) is 11.9. The summed E-state index contributed by atoms with van der Waals surface area (Å²) in [7, 11) is -3.58. The van der Waals surface area contributed by atoms with Crippen LogP contribution in [-0.2, 0) is 10.0 Å². The van der Waals surface area contributed by atoms with Crippen LogP contribution in [0.2, 0.25) is 0 Å². The van der Waals surface area contributed by atoms with Gasteiger partial charge in [-0.15, -0.1) is 11.3 Å². The van der Waals surface area contributed by atoms with E-state index in [1.54, 1.807) is 46.8 Å². The second-order valence-electron chi connectivity index (χ2n) is 9.02. The van der Waals surface area contributed by atoms with Gasteiger partial charge in [0.1, 0.15) is 16.2 Å². The first kappa shape index (κ1) is 22.9. The van der Waals surface area contributed by atoms with Crippen molar-refractivity contribution in [3.63, 3.8) is 0 Å². The lowest BCUT2D eigenvalue weighted by Crippen LogP contribution is -2.44. The molecule has 0 atom stereocenters. The number of rotatable bonds is 5. The summed E-state index contributed by atoms with van der Waals surface area (Å²) >= 11 is 1.20. The molecule has 0 saturated carbocycles. The second kappa shape index (κ2) is 8.75. The first-order valence-corrected chi connectivity index (χ1v) is 13.4. The fraction of sp³-hybridized carbons (Fsp3) is 0.375. The maximum absolute atomic E-state index is 13.3. The third-order valence-corrected chi connectivity index (χ3v) is 10.3. The van der Waals surface area contributed by atoms with Crippen molar-refractivity contribution in [3.05, 3.63) is 59.9 Å². The molecule has 2 aromatic heterocycles. The number of aromatic nitrogens is 1. The minimum absolute atomic E-state index is 0.0310. The van der Waals surface area contributed by atoms with E-state index in [-0.39, 0.29) is 17.1 Å². The van der Waals surface area contributed by atoms with Crippen LogP contribution in [0.3, 0.4) is 0 Å². The van der Waals surface area contributed by atoms with Crippen LogP contribution >= 0.6 is 11.3 Å². The number of thiophene rings is 1. The largest absolute Gasteiger partial charge is 0.364 e. The number of amides is 1. The summed E-state index contributed by atoms with van der Waals surface area (Å²) in [6.07, 6.45) is 3.80. The number of Topliss-reactive ketones (excluding diaryl/α,β-unsaturated/α-hetero) is 1. The standard InChI is InChI=1S/C24H25N3O5S2/c1-17(28)18-2-4-19(5-3-18)23(29)26-12-9-24(10-13-26)11-14-27(16-24)34(30,31)22-7-6-21(33-22)20-8-15-32-25-20/h2-8,15H,9-14,16H2,1H3. The normalized spacial score (nSPS) is 18.4. The lowest BCUT2D eigenvalue weighted by atomic mass is 9.78. The van der Waals surface area contributed by atoms with Gasteiger partial charge in [-0.1, -0.05) is 17.3 Å². The fourth-order valence-corrected chi connectivity index (χ4v) is 7.76. The summed E-state index contributed by atoms with van der Waals surface area (Å²) in [5, 5.41) is 3.88. The summed E-state index contributed by atoms with van der Waals surface area (Å²) in [5.41, 5.74) is 1.67. The highest BCUT2D eigenvalue weighted by Gasteiger charge is 2.45. The summed E-state index contributed by atoms with van der Waals surface area (Å²) in [6.45, 7) is 3.65. The molecule has 0 radical (unpaired) electrons. The third-order valence-electron chi connectivity index (χ3n) is 6.92. The predicted octanol–water partition coefficient (Wildman–Crippen LogP) is 3.92. The number of sulfonamides is 1. The minimum Gasteiger partial charge on any atom is -0.364 e. The van der Waals surface area contributed by atoms with Crippen molar-refractivity contribution in [2.45, 2.75) is 30.4 Å². The fourth-order valence-electron chi connectivity index (χ4n) is 4.78. The monoisotopic (exact) mass is 499 g/mol. The molecular weight excluding hydrogens is 474 g/mol. The van der Waals surface area contributed by atoms with Crippen molar-refractivity contribution < 1.29 is 22.5 Å². The third kappa shape index (κ3) is 4.21. The first-order valence-electron chi connectivity index (χ1n) is 11.2. The van der Waals surface area contributed by atoms with E-state index in [1.165, 1.54) is 24.5 Å². The Morgan fingerprint density at radius 3 is 2.29 bits per heavy atom. The molecule has 0 N–H and O–H groups in total. The molecule has 178 valence electrons. The smallest absolute Gasteiger partial charge is 0.253 e.